The monoisotopic (exact) mass is 418 g/mol. The topological polar surface area (TPSA) is 110 Å². The lowest BCUT2D eigenvalue weighted by Crippen LogP contribution is -2.35. The van der Waals surface area contributed by atoms with Gasteiger partial charge in [0.25, 0.3) is 5.91 Å². The number of hydrogen-bond acceptors (Lipinski definition) is 7. The van der Waals surface area contributed by atoms with E-state index in [0.717, 1.165) is 11.0 Å². The van der Waals surface area contributed by atoms with Gasteiger partial charge in [0, 0.05) is 13.1 Å². The highest BCUT2D eigenvalue weighted by Gasteiger charge is 2.29. The molecule has 1 aliphatic rings. The number of rotatable bonds is 7. The van der Waals surface area contributed by atoms with Gasteiger partial charge in [0.2, 0.25) is 10.0 Å². The maximum atomic E-state index is 12.6. The fourth-order valence-corrected chi connectivity index (χ4v) is 4.12. The van der Waals surface area contributed by atoms with E-state index in [2.05, 4.69) is 4.74 Å². The van der Waals surface area contributed by atoms with E-state index >= 15 is 0 Å². The van der Waals surface area contributed by atoms with Crippen molar-refractivity contribution in [3.8, 4) is 0 Å². The van der Waals surface area contributed by atoms with Gasteiger partial charge < -0.3 is 9.47 Å². The molecule has 1 aromatic carbocycles. The van der Waals surface area contributed by atoms with Crippen molar-refractivity contribution >= 4 is 39.6 Å². The van der Waals surface area contributed by atoms with Crippen LogP contribution in [0.2, 0.25) is 5.02 Å². The maximum Gasteiger partial charge on any atom is 0.416 e. The third kappa shape index (κ3) is 4.57. The van der Waals surface area contributed by atoms with Gasteiger partial charge in [-0.2, -0.15) is 4.31 Å². The first kappa shape index (κ1) is 21.1. The number of hydrogen-bond donors (Lipinski definition) is 0. The second kappa shape index (κ2) is 8.68. The molecule has 27 heavy (non-hydrogen) atoms. The number of carbonyl (C=O) groups excluding carboxylic acids is 3. The van der Waals surface area contributed by atoms with Crippen molar-refractivity contribution in [3.63, 3.8) is 0 Å². The van der Waals surface area contributed by atoms with Crippen LogP contribution in [0.25, 0.3) is 0 Å². The number of nitrogens with zero attached hydrogens (tertiary/aromatic N) is 2. The molecule has 0 aliphatic carbocycles. The Morgan fingerprint density at radius 2 is 1.96 bits per heavy atom. The van der Waals surface area contributed by atoms with Crippen molar-refractivity contribution in [2.24, 2.45) is 0 Å². The van der Waals surface area contributed by atoms with Crippen LogP contribution in [0.15, 0.2) is 23.1 Å². The fourth-order valence-electron chi connectivity index (χ4n) is 2.44. The van der Waals surface area contributed by atoms with Crippen LogP contribution in [-0.2, 0) is 24.3 Å². The lowest BCUT2D eigenvalue weighted by molar-refractivity contribution is -0.131. The zero-order valence-electron chi connectivity index (χ0n) is 14.8. The number of ether oxygens (including phenoxy) is 2. The van der Waals surface area contributed by atoms with Crippen molar-refractivity contribution in [1.82, 2.24) is 9.21 Å². The highest BCUT2D eigenvalue weighted by atomic mass is 35.5. The predicted molar refractivity (Wildman–Crippen MR) is 94.9 cm³/mol. The van der Waals surface area contributed by atoms with E-state index in [-0.39, 0.29) is 41.7 Å². The SMILES string of the molecule is CCN(CC)S(=O)(=O)c1ccc(Cl)c(C(=O)OCC(=O)N2CCOC2=O)c1. The van der Waals surface area contributed by atoms with Crippen LogP contribution in [0, 0.1) is 0 Å². The molecule has 0 radical (unpaired) electrons. The van der Waals surface area contributed by atoms with Gasteiger partial charge in [0.05, 0.1) is 22.0 Å². The van der Waals surface area contributed by atoms with Gasteiger partial charge in [-0.1, -0.05) is 25.4 Å². The molecule has 0 saturated carbocycles. The van der Waals surface area contributed by atoms with E-state index in [1.165, 1.54) is 16.4 Å². The lowest BCUT2D eigenvalue weighted by Gasteiger charge is -2.19. The van der Waals surface area contributed by atoms with Crippen molar-refractivity contribution in [1.29, 1.82) is 0 Å². The summed E-state index contributed by atoms with van der Waals surface area (Å²) < 4.78 is 35.9. The predicted octanol–water partition coefficient (Wildman–Crippen LogP) is 1.51. The van der Waals surface area contributed by atoms with Gasteiger partial charge in [-0.3, -0.25) is 4.79 Å². The summed E-state index contributed by atoms with van der Waals surface area (Å²) in [6.07, 6.45) is -0.804. The van der Waals surface area contributed by atoms with E-state index in [1.807, 2.05) is 0 Å². The van der Waals surface area contributed by atoms with Crippen molar-refractivity contribution in [2.75, 3.05) is 32.8 Å². The summed E-state index contributed by atoms with van der Waals surface area (Å²) in [6, 6.07) is 3.67. The normalized spacial score (nSPS) is 14.4. The van der Waals surface area contributed by atoms with Crippen LogP contribution >= 0.6 is 11.6 Å². The minimum Gasteiger partial charge on any atom is -0.452 e. The molecule has 1 saturated heterocycles. The highest BCUT2D eigenvalue weighted by Crippen LogP contribution is 2.23. The zero-order chi connectivity index (χ0) is 20.2. The number of imide groups is 1. The molecule has 0 aromatic heterocycles. The van der Waals surface area contributed by atoms with Crippen LogP contribution in [0.4, 0.5) is 4.79 Å². The molecule has 2 rings (SSSR count). The van der Waals surface area contributed by atoms with Crippen LogP contribution < -0.4 is 0 Å². The number of halogens is 1. The van der Waals surface area contributed by atoms with Crippen LogP contribution in [-0.4, -0.2) is 68.4 Å². The van der Waals surface area contributed by atoms with Gasteiger partial charge in [0.1, 0.15) is 6.61 Å². The van der Waals surface area contributed by atoms with E-state index in [4.69, 9.17) is 16.3 Å². The molecule has 0 spiro atoms. The fraction of sp³-hybridized carbons (Fsp3) is 0.438. The molecule has 9 nitrogen and oxygen atoms in total. The molecule has 0 atom stereocenters. The molecule has 0 bridgehead atoms. The van der Waals surface area contributed by atoms with Crippen LogP contribution in [0.3, 0.4) is 0 Å². The molecule has 148 valence electrons. The van der Waals surface area contributed by atoms with Gasteiger partial charge in [-0.15, -0.1) is 0 Å². The number of sulfonamides is 1. The van der Waals surface area contributed by atoms with E-state index in [1.54, 1.807) is 13.8 Å². The summed E-state index contributed by atoms with van der Waals surface area (Å²) in [4.78, 5) is 36.1. The van der Waals surface area contributed by atoms with E-state index in [9.17, 15) is 22.8 Å². The second-order valence-electron chi connectivity index (χ2n) is 5.47. The number of amides is 2. The standard InChI is InChI=1S/C16H19ClN2O7S/c1-3-18(4-2)27(23,24)11-5-6-13(17)12(9-11)15(21)26-10-14(20)19-7-8-25-16(19)22/h5-6,9H,3-4,7-8,10H2,1-2H3. The first-order chi connectivity index (χ1) is 12.7. The third-order valence-electron chi connectivity index (χ3n) is 3.89. The Morgan fingerprint density at radius 3 is 2.52 bits per heavy atom. The second-order valence-corrected chi connectivity index (χ2v) is 7.81. The Morgan fingerprint density at radius 1 is 1.30 bits per heavy atom. The van der Waals surface area contributed by atoms with Gasteiger partial charge in [0.15, 0.2) is 6.61 Å². The Bertz CT molecular complexity index is 852. The molecular weight excluding hydrogens is 400 g/mol. The molecule has 0 N–H and O–H groups in total. The van der Waals surface area contributed by atoms with Crippen molar-refractivity contribution in [2.45, 2.75) is 18.7 Å². The largest absolute Gasteiger partial charge is 0.452 e. The number of cyclic esters (lactones) is 1. The summed E-state index contributed by atoms with van der Waals surface area (Å²) in [6.45, 7) is 3.38. The molecule has 1 aromatic rings. The molecule has 0 unspecified atom stereocenters. The third-order valence-corrected chi connectivity index (χ3v) is 6.27. The first-order valence-corrected chi connectivity index (χ1v) is 9.98. The smallest absolute Gasteiger partial charge is 0.416 e. The first-order valence-electron chi connectivity index (χ1n) is 8.16. The highest BCUT2D eigenvalue weighted by molar-refractivity contribution is 7.89. The minimum atomic E-state index is -3.80. The maximum absolute atomic E-state index is 12.6. The molecular formula is C16H19ClN2O7S. The van der Waals surface area contributed by atoms with E-state index < -0.39 is 34.6 Å². The number of esters is 1. The Kier molecular flexibility index (Phi) is 6.79. The van der Waals surface area contributed by atoms with Gasteiger partial charge in [-0.05, 0) is 18.2 Å². The Balaban J connectivity index is 2.16. The number of carbonyl (C=O) groups is 3. The Hall–Kier alpha value is -2.17. The van der Waals surface area contributed by atoms with Crippen molar-refractivity contribution < 1.29 is 32.3 Å². The van der Waals surface area contributed by atoms with Crippen LogP contribution in [0.1, 0.15) is 24.2 Å². The van der Waals surface area contributed by atoms with Crippen molar-refractivity contribution in [3.05, 3.63) is 28.8 Å². The lowest BCUT2D eigenvalue weighted by atomic mass is 10.2. The molecule has 2 amide bonds. The zero-order valence-corrected chi connectivity index (χ0v) is 16.4. The van der Waals surface area contributed by atoms with Gasteiger partial charge >= 0.3 is 12.1 Å². The van der Waals surface area contributed by atoms with Crippen LogP contribution in [0.5, 0.6) is 0 Å². The molecule has 1 heterocycles. The average molecular weight is 419 g/mol. The summed E-state index contributed by atoms with van der Waals surface area (Å²) in [5.74, 6) is -1.72. The summed E-state index contributed by atoms with van der Waals surface area (Å²) >= 11 is 5.98. The molecule has 1 aliphatic heterocycles. The summed E-state index contributed by atoms with van der Waals surface area (Å²) in [7, 11) is -3.80. The molecule has 1 fully saturated rings. The Labute approximate surface area is 161 Å². The minimum absolute atomic E-state index is 0.0217. The molecule has 11 heteroatoms. The number of benzene rings is 1. The summed E-state index contributed by atoms with van der Waals surface area (Å²) in [5.41, 5.74) is -0.193. The average Bonchev–Trinajstić information content (AvgIpc) is 3.06. The summed E-state index contributed by atoms with van der Waals surface area (Å²) in [5, 5.41) is -0.0217. The van der Waals surface area contributed by atoms with Gasteiger partial charge in [-0.25, -0.2) is 22.9 Å². The van der Waals surface area contributed by atoms with E-state index in [0.29, 0.717) is 0 Å². The quantitative estimate of drug-likeness (QED) is 0.617.